The molecule has 0 spiro atoms. The minimum Gasteiger partial charge on any atom is -0.388 e. The van der Waals surface area contributed by atoms with Crippen molar-refractivity contribution in [2.45, 2.75) is 18.9 Å². The van der Waals surface area contributed by atoms with Crippen LogP contribution in [0.15, 0.2) is 24.3 Å². The molecule has 0 bridgehead atoms. The van der Waals surface area contributed by atoms with E-state index in [-0.39, 0.29) is 17.4 Å². The monoisotopic (exact) mass is 268 g/mol. The molecule has 1 fully saturated rings. The van der Waals surface area contributed by atoms with Crippen LogP contribution in [0.2, 0.25) is 0 Å². The molecule has 1 saturated heterocycles. The number of sulfone groups is 1. The molecule has 1 aromatic carbocycles. The molecule has 0 radical (unpaired) electrons. The Morgan fingerprint density at radius 2 is 1.72 bits per heavy atom. The van der Waals surface area contributed by atoms with Crippen molar-refractivity contribution in [1.82, 2.24) is 0 Å². The van der Waals surface area contributed by atoms with Gasteiger partial charge in [0.15, 0.2) is 0 Å². The largest absolute Gasteiger partial charge is 0.388 e. The maximum atomic E-state index is 11.3. The summed E-state index contributed by atoms with van der Waals surface area (Å²) >= 11 is 0. The van der Waals surface area contributed by atoms with Crippen molar-refractivity contribution >= 4 is 16.1 Å². The summed E-state index contributed by atoms with van der Waals surface area (Å²) in [5, 5.41) is 10.2. The van der Waals surface area contributed by atoms with Crippen molar-refractivity contribution in [2.75, 3.05) is 11.5 Å². The van der Waals surface area contributed by atoms with E-state index in [0.717, 1.165) is 11.8 Å². The minimum atomic E-state index is -2.90. The van der Waals surface area contributed by atoms with Gasteiger partial charge in [-0.25, -0.2) is 8.42 Å². The third kappa shape index (κ3) is 2.97. The Bertz CT molecular complexity index is 504. The number of hydrogen-bond donors (Lipinski definition) is 1. The fraction of sp³-hybridized carbons (Fsp3) is 0.462. The number of carbonyl (C=O) groups excluding carboxylic acids is 1. The molecule has 1 aromatic rings. The Kier molecular flexibility index (Phi) is 3.82. The quantitative estimate of drug-likeness (QED) is 0.840. The highest BCUT2D eigenvalue weighted by atomic mass is 32.2. The molecule has 98 valence electrons. The van der Waals surface area contributed by atoms with Crippen molar-refractivity contribution in [1.29, 1.82) is 0 Å². The van der Waals surface area contributed by atoms with Gasteiger partial charge in [0.25, 0.3) is 0 Å². The molecule has 1 heterocycles. The number of hydrogen-bond acceptors (Lipinski definition) is 4. The van der Waals surface area contributed by atoms with Gasteiger partial charge in [-0.15, -0.1) is 0 Å². The number of aliphatic hydroxyl groups excluding tert-OH is 1. The van der Waals surface area contributed by atoms with Gasteiger partial charge in [-0.05, 0) is 24.3 Å². The van der Waals surface area contributed by atoms with Crippen LogP contribution >= 0.6 is 0 Å². The summed E-state index contributed by atoms with van der Waals surface area (Å²) in [5.74, 6) is 0.290. The third-order valence-electron chi connectivity index (χ3n) is 3.46. The van der Waals surface area contributed by atoms with Gasteiger partial charge in [0.1, 0.15) is 16.1 Å². The lowest BCUT2D eigenvalue weighted by atomic mass is 9.90. The summed E-state index contributed by atoms with van der Waals surface area (Å²) in [4.78, 5) is 10.5. The van der Waals surface area contributed by atoms with Crippen LogP contribution in [0.4, 0.5) is 0 Å². The van der Waals surface area contributed by atoms with Crippen LogP contribution < -0.4 is 0 Å². The molecule has 5 heteroatoms. The first kappa shape index (κ1) is 13.2. The van der Waals surface area contributed by atoms with Crippen LogP contribution in [-0.4, -0.2) is 31.3 Å². The van der Waals surface area contributed by atoms with Crippen molar-refractivity contribution < 1.29 is 18.3 Å². The zero-order valence-corrected chi connectivity index (χ0v) is 10.8. The zero-order valence-electron chi connectivity index (χ0n) is 9.95. The van der Waals surface area contributed by atoms with Gasteiger partial charge in [0, 0.05) is 5.56 Å². The Hall–Kier alpha value is -1.20. The highest BCUT2D eigenvalue weighted by Gasteiger charge is 2.29. The van der Waals surface area contributed by atoms with E-state index in [9.17, 15) is 18.3 Å². The number of benzene rings is 1. The molecule has 2 rings (SSSR count). The molecule has 1 aliphatic rings. The first-order valence-corrected chi connectivity index (χ1v) is 7.77. The van der Waals surface area contributed by atoms with E-state index < -0.39 is 15.9 Å². The molecule has 18 heavy (non-hydrogen) atoms. The SMILES string of the molecule is O=Cc1ccc(C(O)C2CCS(=O)(=O)CC2)cc1. The predicted molar refractivity (Wildman–Crippen MR) is 68.2 cm³/mol. The standard InChI is InChI=1S/C13H16O4S/c14-9-10-1-3-11(4-2-10)13(15)12-5-7-18(16,17)8-6-12/h1-4,9,12-13,15H,5-8H2. The summed E-state index contributed by atoms with van der Waals surface area (Å²) < 4.78 is 22.6. The van der Waals surface area contributed by atoms with Crippen LogP contribution in [0, 0.1) is 5.92 Å². The first-order valence-electron chi connectivity index (χ1n) is 5.95. The molecule has 0 amide bonds. The lowest BCUT2D eigenvalue weighted by molar-refractivity contribution is 0.102. The fourth-order valence-electron chi connectivity index (χ4n) is 2.27. The number of aldehydes is 1. The highest BCUT2D eigenvalue weighted by Crippen LogP contribution is 2.31. The van der Waals surface area contributed by atoms with Crippen molar-refractivity contribution in [2.24, 2.45) is 5.92 Å². The molecular weight excluding hydrogens is 252 g/mol. The van der Waals surface area contributed by atoms with Crippen LogP contribution in [0.1, 0.15) is 34.9 Å². The van der Waals surface area contributed by atoms with E-state index in [4.69, 9.17) is 0 Å². The first-order chi connectivity index (χ1) is 8.52. The van der Waals surface area contributed by atoms with Gasteiger partial charge >= 0.3 is 0 Å². The van der Waals surface area contributed by atoms with Gasteiger partial charge in [-0.2, -0.15) is 0 Å². The van der Waals surface area contributed by atoms with Crippen LogP contribution in [0.5, 0.6) is 0 Å². The maximum Gasteiger partial charge on any atom is 0.150 e. The van der Waals surface area contributed by atoms with E-state index in [1.54, 1.807) is 24.3 Å². The Morgan fingerprint density at radius 1 is 1.17 bits per heavy atom. The summed E-state index contributed by atoms with van der Waals surface area (Å²) in [6, 6.07) is 6.76. The van der Waals surface area contributed by atoms with E-state index in [0.29, 0.717) is 18.4 Å². The summed E-state index contributed by atoms with van der Waals surface area (Å²) in [7, 11) is -2.90. The predicted octanol–water partition coefficient (Wildman–Crippen LogP) is 1.36. The molecule has 1 unspecified atom stereocenters. The maximum absolute atomic E-state index is 11.3. The summed E-state index contributed by atoms with van der Waals surface area (Å²) in [6.07, 6.45) is 1.10. The smallest absolute Gasteiger partial charge is 0.150 e. The molecule has 1 N–H and O–H groups in total. The normalized spacial score (nSPS) is 21.4. The summed E-state index contributed by atoms with van der Waals surface area (Å²) in [5.41, 5.74) is 1.31. The van der Waals surface area contributed by atoms with E-state index >= 15 is 0 Å². The topological polar surface area (TPSA) is 71.4 Å². The van der Waals surface area contributed by atoms with Crippen LogP contribution in [0.25, 0.3) is 0 Å². The van der Waals surface area contributed by atoms with E-state index in [2.05, 4.69) is 0 Å². The Labute approximate surface area is 107 Å². The number of aliphatic hydroxyl groups is 1. The van der Waals surface area contributed by atoms with Crippen LogP contribution in [-0.2, 0) is 9.84 Å². The second kappa shape index (κ2) is 5.20. The summed E-state index contributed by atoms with van der Waals surface area (Å²) in [6.45, 7) is 0. The number of carbonyl (C=O) groups is 1. The lowest BCUT2D eigenvalue weighted by Gasteiger charge is -2.26. The molecular formula is C13H16O4S. The minimum absolute atomic E-state index is 0.0180. The van der Waals surface area contributed by atoms with Crippen LogP contribution in [0.3, 0.4) is 0 Å². The van der Waals surface area contributed by atoms with Gasteiger partial charge in [0.2, 0.25) is 0 Å². The molecule has 0 aromatic heterocycles. The van der Waals surface area contributed by atoms with Crippen molar-refractivity contribution in [3.05, 3.63) is 35.4 Å². The average Bonchev–Trinajstić information content (AvgIpc) is 2.38. The Morgan fingerprint density at radius 3 is 2.22 bits per heavy atom. The van der Waals surface area contributed by atoms with Gasteiger partial charge < -0.3 is 5.11 Å². The highest BCUT2D eigenvalue weighted by molar-refractivity contribution is 7.91. The molecule has 1 aliphatic heterocycles. The lowest BCUT2D eigenvalue weighted by Crippen LogP contribution is -2.27. The second-order valence-corrected chi connectivity index (χ2v) is 7.02. The molecule has 4 nitrogen and oxygen atoms in total. The molecule has 0 saturated carbocycles. The Balaban J connectivity index is 2.07. The van der Waals surface area contributed by atoms with Crippen molar-refractivity contribution in [3.63, 3.8) is 0 Å². The van der Waals surface area contributed by atoms with E-state index in [1.807, 2.05) is 0 Å². The molecule has 0 aliphatic carbocycles. The fourth-order valence-corrected chi connectivity index (χ4v) is 3.80. The molecule has 1 atom stereocenters. The number of rotatable bonds is 3. The third-order valence-corrected chi connectivity index (χ3v) is 5.18. The van der Waals surface area contributed by atoms with Gasteiger partial charge in [-0.3, -0.25) is 4.79 Å². The zero-order chi connectivity index (χ0) is 13.2. The average molecular weight is 268 g/mol. The van der Waals surface area contributed by atoms with Gasteiger partial charge in [-0.1, -0.05) is 24.3 Å². The van der Waals surface area contributed by atoms with Crippen molar-refractivity contribution in [3.8, 4) is 0 Å². The second-order valence-electron chi connectivity index (χ2n) is 4.72. The van der Waals surface area contributed by atoms with E-state index in [1.165, 1.54) is 0 Å². The van der Waals surface area contributed by atoms with Gasteiger partial charge in [0.05, 0.1) is 17.6 Å².